The van der Waals surface area contributed by atoms with Gasteiger partial charge in [0.1, 0.15) is 0 Å². The molecule has 3 nitrogen and oxygen atoms in total. The van der Waals surface area contributed by atoms with E-state index in [0.717, 1.165) is 6.42 Å². The van der Waals surface area contributed by atoms with Gasteiger partial charge in [0.2, 0.25) is 5.91 Å². The van der Waals surface area contributed by atoms with Gasteiger partial charge in [0, 0.05) is 13.0 Å². The Morgan fingerprint density at radius 1 is 1.44 bits per heavy atom. The molecule has 0 heterocycles. The Labute approximate surface area is 96.5 Å². The molecule has 0 unspecified atom stereocenters. The lowest BCUT2D eigenvalue weighted by Crippen LogP contribution is -2.30. The van der Waals surface area contributed by atoms with Crippen molar-refractivity contribution in [1.29, 1.82) is 0 Å². The second kappa shape index (κ2) is 6.28. The number of aryl methyl sites for hydroxylation is 2. The second-order valence-corrected chi connectivity index (χ2v) is 4.08. The summed E-state index contributed by atoms with van der Waals surface area (Å²) in [5.74, 6) is -0.0100. The van der Waals surface area contributed by atoms with Crippen molar-refractivity contribution in [3.8, 4) is 0 Å². The van der Waals surface area contributed by atoms with Gasteiger partial charge in [0.15, 0.2) is 0 Å². The lowest BCUT2D eigenvalue weighted by Gasteiger charge is -2.08. The van der Waals surface area contributed by atoms with Crippen LogP contribution in [0.15, 0.2) is 24.3 Å². The number of nitrogens with one attached hydrogen (secondary N) is 1. The number of benzene rings is 1. The highest BCUT2D eigenvalue weighted by molar-refractivity contribution is 5.76. The minimum atomic E-state index is -0.484. The summed E-state index contributed by atoms with van der Waals surface area (Å²) in [6.45, 7) is 4.03. The van der Waals surface area contributed by atoms with Gasteiger partial charge in [-0.25, -0.2) is 0 Å². The first-order valence-corrected chi connectivity index (χ1v) is 5.59. The summed E-state index contributed by atoms with van der Waals surface area (Å²) in [7, 11) is 0. The van der Waals surface area contributed by atoms with Crippen LogP contribution in [0, 0.1) is 6.92 Å². The first kappa shape index (κ1) is 12.7. The summed E-state index contributed by atoms with van der Waals surface area (Å²) >= 11 is 0. The summed E-state index contributed by atoms with van der Waals surface area (Å²) in [5.41, 5.74) is 2.42. The predicted molar refractivity (Wildman–Crippen MR) is 64.2 cm³/mol. The summed E-state index contributed by atoms with van der Waals surface area (Å²) in [4.78, 5) is 11.4. The Bertz CT molecular complexity index is 348. The van der Waals surface area contributed by atoms with Crippen molar-refractivity contribution in [3.63, 3.8) is 0 Å². The number of rotatable bonds is 5. The van der Waals surface area contributed by atoms with Crippen LogP contribution in [0.1, 0.15) is 24.5 Å². The normalized spacial score (nSPS) is 12.2. The van der Waals surface area contributed by atoms with Gasteiger partial charge in [-0.15, -0.1) is 0 Å². The maximum atomic E-state index is 11.4. The Morgan fingerprint density at radius 3 is 2.75 bits per heavy atom. The van der Waals surface area contributed by atoms with E-state index in [9.17, 15) is 4.79 Å². The molecule has 0 aliphatic rings. The molecule has 0 spiro atoms. The molecule has 1 amide bonds. The van der Waals surface area contributed by atoms with Crippen molar-refractivity contribution in [2.24, 2.45) is 0 Å². The minimum Gasteiger partial charge on any atom is -0.392 e. The number of hydrogen-bond donors (Lipinski definition) is 2. The maximum Gasteiger partial charge on any atom is 0.220 e. The third-order valence-corrected chi connectivity index (χ3v) is 2.48. The molecule has 0 aliphatic heterocycles. The molecule has 16 heavy (non-hydrogen) atoms. The van der Waals surface area contributed by atoms with E-state index in [1.54, 1.807) is 6.92 Å². The zero-order valence-electron chi connectivity index (χ0n) is 9.86. The summed E-state index contributed by atoms with van der Waals surface area (Å²) in [6, 6.07) is 8.06. The third-order valence-electron chi connectivity index (χ3n) is 2.48. The first-order valence-electron chi connectivity index (χ1n) is 5.59. The van der Waals surface area contributed by atoms with Crippen molar-refractivity contribution in [1.82, 2.24) is 5.32 Å². The van der Waals surface area contributed by atoms with Crippen LogP contribution < -0.4 is 5.32 Å². The van der Waals surface area contributed by atoms with Gasteiger partial charge >= 0.3 is 0 Å². The van der Waals surface area contributed by atoms with Crippen molar-refractivity contribution in [3.05, 3.63) is 35.4 Å². The zero-order valence-corrected chi connectivity index (χ0v) is 9.86. The molecule has 0 fully saturated rings. The fourth-order valence-corrected chi connectivity index (χ4v) is 1.49. The van der Waals surface area contributed by atoms with E-state index < -0.39 is 6.10 Å². The molecule has 88 valence electrons. The number of carbonyl (C=O) groups excluding carboxylic acids is 1. The monoisotopic (exact) mass is 221 g/mol. The van der Waals surface area contributed by atoms with Gasteiger partial charge in [0.25, 0.3) is 0 Å². The van der Waals surface area contributed by atoms with E-state index in [2.05, 4.69) is 5.32 Å². The van der Waals surface area contributed by atoms with Crippen LogP contribution >= 0.6 is 0 Å². The van der Waals surface area contributed by atoms with Crippen LogP contribution in [0.3, 0.4) is 0 Å². The smallest absolute Gasteiger partial charge is 0.220 e. The van der Waals surface area contributed by atoms with E-state index >= 15 is 0 Å². The molecule has 1 aromatic rings. The van der Waals surface area contributed by atoms with Crippen LogP contribution in [0.5, 0.6) is 0 Å². The SMILES string of the molecule is Cc1ccccc1CCC(=O)NC[C@H](C)O. The van der Waals surface area contributed by atoms with Crippen LogP contribution in [-0.4, -0.2) is 23.7 Å². The summed E-state index contributed by atoms with van der Waals surface area (Å²) in [6.07, 6.45) is 0.734. The average molecular weight is 221 g/mol. The second-order valence-electron chi connectivity index (χ2n) is 4.08. The molecule has 0 saturated heterocycles. The highest BCUT2D eigenvalue weighted by Gasteiger charge is 2.04. The molecule has 0 radical (unpaired) electrons. The lowest BCUT2D eigenvalue weighted by atomic mass is 10.0. The van der Waals surface area contributed by atoms with Gasteiger partial charge < -0.3 is 10.4 Å². The number of amides is 1. The highest BCUT2D eigenvalue weighted by atomic mass is 16.3. The van der Waals surface area contributed by atoms with Gasteiger partial charge in [-0.3, -0.25) is 4.79 Å². The molecular formula is C13H19NO2. The van der Waals surface area contributed by atoms with Gasteiger partial charge in [0.05, 0.1) is 6.10 Å². The fraction of sp³-hybridized carbons (Fsp3) is 0.462. The topological polar surface area (TPSA) is 49.3 Å². The third kappa shape index (κ3) is 4.45. The van der Waals surface area contributed by atoms with Crippen molar-refractivity contribution in [2.45, 2.75) is 32.8 Å². The van der Waals surface area contributed by atoms with Crippen LogP contribution in [-0.2, 0) is 11.2 Å². The van der Waals surface area contributed by atoms with E-state index in [4.69, 9.17) is 5.11 Å². The number of aliphatic hydroxyl groups is 1. The zero-order chi connectivity index (χ0) is 12.0. The average Bonchev–Trinajstić information content (AvgIpc) is 2.25. The Morgan fingerprint density at radius 2 is 2.12 bits per heavy atom. The number of hydrogen-bond acceptors (Lipinski definition) is 2. The quantitative estimate of drug-likeness (QED) is 0.790. The molecule has 0 saturated carbocycles. The first-order chi connectivity index (χ1) is 7.59. The molecule has 0 aliphatic carbocycles. The molecule has 1 rings (SSSR count). The molecule has 0 bridgehead atoms. The number of aliphatic hydroxyl groups excluding tert-OH is 1. The van der Waals surface area contributed by atoms with Gasteiger partial charge in [-0.1, -0.05) is 24.3 Å². The Balaban J connectivity index is 2.35. The molecular weight excluding hydrogens is 202 g/mol. The van der Waals surface area contributed by atoms with Crippen LogP contribution in [0.2, 0.25) is 0 Å². The van der Waals surface area contributed by atoms with Crippen LogP contribution in [0.4, 0.5) is 0 Å². The number of carbonyl (C=O) groups is 1. The molecule has 3 heteroatoms. The summed E-state index contributed by atoms with van der Waals surface area (Å²) in [5, 5.41) is 11.7. The fourth-order valence-electron chi connectivity index (χ4n) is 1.49. The summed E-state index contributed by atoms with van der Waals surface area (Å²) < 4.78 is 0. The van der Waals surface area contributed by atoms with Gasteiger partial charge in [-0.05, 0) is 31.4 Å². The van der Waals surface area contributed by atoms with E-state index in [-0.39, 0.29) is 5.91 Å². The molecule has 1 atom stereocenters. The molecule has 0 aromatic heterocycles. The van der Waals surface area contributed by atoms with Gasteiger partial charge in [-0.2, -0.15) is 0 Å². The van der Waals surface area contributed by atoms with E-state index in [1.165, 1.54) is 11.1 Å². The van der Waals surface area contributed by atoms with Crippen LogP contribution in [0.25, 0.3) is 0 Å². The Kier molecular flexibility index (Phi) is 4.99. The Hall–Kier alpha value is -1.35. The molecule has 2 N–H and O–H groups in total. The highest BCUT2D eigenvalue weighted by Crippen LogP contribution is 2.09. The molecule has 1 aromatic carbocycles. The van der Waals surface area contributed by atoms with E-state index in [1.807, 2.05) is 31.2 Å². The maximum absolute atomic E-state index is 11.4. The largest absolute Gasteiger partial charge is 0.392 e. The van der Waals surface area contributed by atoms with Crippen molar-refractivity contribution >= 4 is 5.91 Å². The van der Waals surface area contributed by atoms with E-state index in [0.29, 0.717) is 13.0 Å². The van der Waals surface area contributed by atoms with Crippen molar-refractivity contribution < 1.29 is 9.90 Å². The predicted octanol–water partition coefficient (Wildman–Crippen LogP) is 1.42. The standard InChI is InChI=1S/C13H19NO2/c1-10-5-3-4-6-12(10)7-8-13(16)14-9-11(2)15/h3-6,11,15H,7-9H2,1-2H3,(H,14,16)/t11-/m0/s1. The lowest BCUT2D eigenvalue weighted by molar-refractivity contribution is -0.121. The minimum absolute atomic E-state index is 0.0100. The van der Waals surface area contributed by atoms with Crippen molar-refractivity contribution in [2.75, 3.05) is 6.54 Å².